The van der Waals surface area contributed by atoms with Crippen LogP contribution < -0.4 is 11.3 Å². The summed E-state index contributed by atoms with van der Waals surface area (Å²) in [6.45, 7) is 0. The topological polar surface area (TPSA) is 108 Å². The number of aromatic amines is 2. The zero-order valence-electron chi connectivity index (χ0n) is 14.2. The Balaban J connectivity index is 1.69. The van der Waals surface area contributed by atoms with Crippen LogP contribution in [-0.4, -0.2) is 20.1 Å². The molecule has 4 aromatic rings. The van der Waals surface area contributed by atoms with Crippen molar-refractivity contribution in [2.24, 2.45) is 5.73 Å². The molecule has 0 bridgehead atoms. The molecule has 0 unspecified atom stereocenters. The van der Waals surface area contributed by atoms with Gasteiger partial charge in [0.05, 0.1) is 11.6 Å². The molecular weight excluding hydrogens is 364 g/mol. The van der Waals surface area contributed by atoms with E-state index in [1.807, 2.05) is 30.3 Å². The second-order valence-electron chi connectivity index (χ2n) is 6.36. The van der Waals surface area contributed by atoms with Gasteiger partial charge in [-0.3, -0.25) is 4.79 Å². The van der Waals surface area contributed by atoms with Crippen LogP contribution in [0.2, 0.25) is 5.15 Å². The van der Waals surface area contributed by atoms with Crippen molar-refractivity contribution in [3.8, 4) is 17.0 Å². The molecule has 27 heavy (non-hydrogen) atoms. The van der Waals surface area contributed by atoms with Gasteiger partial charge in [0, 0.05) is 17.0 Å². The van der Waals surface area contributed by atoms with Crippen molar-refractivity contribution in [3.63, 3.8) is 0 Å². The summed E-state index contributed by atoms with van der Waals surface area (Å²) in [6.07, 6.45) is 0.629. The lowest BCUT2D eigenvalue weighted by Gasteiger charge is -2.08. The van der Waals surface area contributed by atoms with Crippen molar-refractivity contribution >= 4 is 22.5 Å². The molecule has 136 valence electrons. The summed E-state index contributed by atoms with van der Waals surface area (Å²) in [5.74, 6) is 0.493. The molecule has 4 rings (SSSR count). The number of fused-ring (bicyclic) bond motifs is 1. The lowest BCUT2D eigenvalue weighted by atomic mass is 10.1. The highest BCUT2D eigenvalue weighted by molar-refractivity contribution is 6.32. The summed E-state index contributed by atoms with van der Waals surface area (Å²) in [7, 11) is 0. The molecular formula is C20H17ClN4O2. The summed E-state index contributed by atoms with van der Waals surface area (Å²) in [5.41, 5.74) is 8.83. The number of pyridine rings is 1. The van der Waals surface area contributed by atoms with Crippen molar-refractivity contribution in [2.45, 2.75) is 12.5 Å². The number of hydrogen-bond acceptors (Lipinski definition) is 4. The van der Waals surface area contributed by atoms with Gasteiger partial charge in [0.2, 0.25) is 0 Å². The van der Waals surface area contributed by atoms with E-state index in [1.54, 1.807) is 18.2 Å². The number of halogens is 1. The van der Waals surface area contributed by atoms with Crippen LogP contribution in [0.3, 0.4) is 0 Å². The monoisotopic (exact) mass is 380 g/mol. The fraction of sp³-hybridized carbons (Fsp3) is 0.100. The molecule has 2 heterocycles. The second kappa shape index (κ2) is 6.90. The first-order chi connectivity index (χ1) is 13.0. The Morgan fingerprint density at radius 1 is 1.11 bits per heavy atom. The Labute approximate surface area is 159 Å². The molecule has 0 amide bonds. The number of hydrogen-bond donors (Lipinski definition) is 4. The molecule has 0 saturated heterocycles. The third-order valence-electron chi connectivity index (χ3n) is 4.42. The van der Waals surface area contributed by atoms with E-state index >= 15 is 0 Å². The van der Waals surface area contributed by atoms with E-state index in [1.165, 1.54) is 0 Å². The minimum atomic E-state index is -0.361. The van der Waals surface area contributed by atoms with Crippen molar-refractivity contribution in [1.82, 2.24) is 15.0 Å². The minimum Gasteiger partial charge on any atom is -0.507 e. The average molecular weight is 381 g/mol. The predicted molar refractivity (Wildman–Crippen MR) is 106 cm³/mol. The largest absolute Gasteiger partial charge is 0.507 e. The van der Waals surface area contributed by atoms with Crippen LogP contribution >= 0.6 is 11.6 Å². The van der Waals surface area contributed by atoms with E-state index in [9.17, 15) is 9.90 Å². The van der Waals surface area contributed by atoms with Gasteiger partial charge in [-0.05, 0) is 24.1 Å². The van der Waals surface area contributed by atoms with Gasteiger partial charge in [0.25, 0.3) is 5.56 Å². The summed E-state index contributed by atoms with van der Waals surface area (Å²) in [6, 6.07) is 15.9. The molecule has 0 fully saturated rings. The molecule has 0 saturated carbocycles. The lowest BCUT2D eigenvalue weighted by Crippen LogP contribution is -2.15. The van der Waals surface area contributed by atoms with E-state index in [4.69, 9.17) is 17.3 Å². The molecule has 0 aliphatic carbocycles. The van der Waals surface area contributed by atoms with Crippen LogP contribution in [0.15, 0.2) is 59.4 Å². The quantitative estimate of drug-likeness (QED) is 0.434. The Hall–Kier alpha value is -3.09. The summed E-state index contributed by atoms with van der Waals surface area (Å²) in [5, 5.41) is 10.9. The number of nitrogens with two attached hydrogens (primary N) is 1. The minimum absolute atomic E-state index is 0.0942. The number of rotatable bonds is 4. The molecule has 2 aromatic carbocycles. The van der Waals surface area contributed by atoms with Crippen LogP contribution in [0.4, 0.5) is 0 Å². The number of nitrogens with zero attached hydrogens (tertiary/aromatic N) is 1. The number of aromatic nitrogens is 3. The van der Waals surface area contributed by atoms with E-state index in [-0.39, 0.29) is 17.4 Å². The number of nitrogens with one attached hydrogen (secondary N) is 2. The van der Waals surface area contributed by atoms with Gasteiger partial charge in [-0.15, -0.1) is 0 Å². The van der Waals surface area contributed by atoms with Crippen LogP contribution in [0, 0.1) is 0 Å². The maximum atomic E-state index is 11.5. The fourth-order valence-corrected chi connectivity index (χ4v) is 3.33. The normalized spacial score (nSPS) is 12.4. The number of benzene rings is 2. The van der Waals surface area contributed by atoms with Gasteiger partial charge in [0.15, 0.2) is 0 Å². The SMILES string of the molecule is N[C@@H](Cc1ccccc1)c1nc(-c2ccc3[nH]c(=O)cc(O)c3c2)c(Cl)[nH]1. The second-order valence-corrected chi connectivity index (χ2v) is 6.74. The first kappa shape index (κ1) is 17.3. The zero-order valence-corrected chi connectivity index (χ0v) is 15.0. The van der Waals surface area contributed by atoms with Gasteiger partial charge in [-0.2, -0.15) is 0 Å². The number of H-pyrrole nitrogens is 2. The van der Waals surface area contributed by atoms with Crippen LogP contribution in [-0.2, 0) is 6.42 Å². The smallest absolute Gasteiger partial charge is 0.252 e. The highest BCUT2D eigenvalue weighted by Gasteiger charge is 2.17. The van der Waals surface area contributed by atoms with Gasteiger partial charge in [-0.25, -0.2) is 4.98 Å². The van der Waals surface area contributed by atoms with Gasteiger partial charge < -0.3 is 20.8 Å². The van der Waals surface area contributed by atoms with E-state index in [0.717, 1.165) is 11.6 Å². The van der Waals surface area contributed by atoms with E-state index in [0.29, 0.717) is 39.6 Å². The third kappa shape index (κ3) is 3.45. The highest BCUT2D eigenvalue weighted by atomic mass is 35.5. The average Bonchev–Trinajstić information content (AvgIpc) is 3.04. The molecule has 2 aromatic heterocycles. The maximum absolute atomic E-state index is 11.5. The van der Waals surface area contributed by atoms with Gasteiger partial charge in [-0.1, -0.05) is 48.0 Å². The standard InChI is InChI=1S/C20H17ClN4O2/c21-19-18(12-6-7-15-13(9-12)16(26)10-17(27)23-15)24-20(25-19)14(22)8-11-4-2-1-3-5-11/h1-7,9-10,14H,8,22H2,(H,24,25)(H2,23,26,27)/t14-/m0/s1. The van der Waals surface area contributed by atoms with Crippen molar-refractivity contribution in [2.75, 3.05) is 0 Å². The molecule has 7 heteroatoms. The molecule has 1 atom stereocenters. The van der Waals surface area contributed by atoms with Crippen LogP contribution in [0.5, 0.6) is 5.75 Å². The molecule has 5 N–H and O–H groups in total. The number of imidazole rings is 1. The Bertz CT molecular complexity index is 1170. The Kier molecular flexibility index (Phi) is 4.43. The molecule has 0 aliphatic rings. The molecule has 6 nitrogen and oxygen atoms in total. The van der Waals surface area contributed by atoms with E-state index in [2.05, 4.69) is 15.0 Å². The predicted octanol–water partition coefficient (Wildman–Crippen LogP) is 3.52. The highest BCUT2D eigenvalue weighted by Crippen LogP contribution is 2.31. The number of aromatic hydroxyl groups is 1. The summed E-state index contributed by atoms with van der Waals surface area (Å²) < 4.78 is 0. The van der Waals surface area contributed by atoms with Gasteiger partial charge >= 0.3 is 0 Å². The third-order valence-corrected chi connectivity index (χ3v) is 4.70. The van der Waals surface area contributed by atoms with Crippen molar-refractivity contribution < 1.29 is 5.11 Å². The summed E-state index contributed by atoms with van der Waals surface area (Å²) >= 11 is 6.35. The first-order valence-electron chi connectivity index (χ1n) is 8.42. The molecule has 0 aliphatic heterocycles. The van der Waals surface area contributed by atoms with Crippen LogP contribution in [0.1, 0.15) is 17.4 Å². The van der Waals surface area contributed by atoms with Gasteiger partial charge in [0.1, 0.15) is 22.4 Å². The van der Waals surface area contributed by atoms with Crippen LogP contribution in [0.25, 0.3) is 22.2 Å². The zero-order chi connectivity index (χ0) is 19.0. The molecule has 0 radical (unpaired) electrons. The molecule has 0 spiro atoms. The lowest BCUT2D eigenvalue weighted by molar-refractivity contribution is 0.480. The first-order valence-corrected chi connectivity index (χ1v) is 8.80. The Morgan fingerprint density at radius 3 is 2.67 bits per heavy atom. The van der Waals surface area contributed by atoms with E-state index < -0.39 is 0 Å². The maximum Gasteiger partial charge on any atom is 0.252 e. The fourth-order valence-electron chi connectivity index (χ4n) is 3.08. The van der Waals surface area contributed by atoms with Crippen molar-refractivity contribution in [3.05, 3.63) is 81.5 Å². The summed E-state index contributed by atoms with van der Waals surface area (Å²) in [4.78, 5) is 21.8. The Morgan fingerprint density at radius 2 is 1.89 bits per heavy atom. The van der Waals surface area contributed by atoms with Crippen molar-refractivity contribution in [1.29, 1.82) is 0 Å².